The molecule has 1 aromatic carbocycles. The largest absolute Gasteiger partial charge is 0.486 e. The first kappa shape index (κ1) is 18.5. The zero-order valence-corrected chi connectivity index (χ0v) is 11.5. The van der Waals surface area contributed by atoms with Crippen molar-refractivity contribution in [2.45, 2.75) is 27.7 Å². The van der Waals surface area contributed by atoms with E-state index in [1.807, 2.05) is 27.7 Å². The van der Waals surface area contributed by atoms with Crippen molar-refractivity contribution in [2.24, 2.45) is 0 Å². The highest BCUT2D eigenvalue weighted by molar-refractivity contribution is 5.52. The van der Waals surface area contributed by atoms with Crippen LogP contribution in [-0.4, -0.2) is 25.8 Å². The molecule has 0 saturated carbocycles. The van der Waals surface area contributed by atoms with Crippen LogP contribution >= 0.6 is 0 Å². The lowest BCUT2D eigenvalue weighted by Crippen LogP contribution is -1.99. The van der Waals surface area contributed by atoms with Crippen LogP contribution in [0.3, 0.4) is 0 Å². The Bertz CT molecular complexity index is 262. The van der Waals surface area contributed by atoms with Crippen LogP contribution in [0, 0.1) is 0 Å². The molecule has 0 aliphatic carbocycles. The summed E-state index contributed by atoms with van der Waals surface area (Å²) in [6.07, 6.45) is 1.35. The lowest BCUT2D eigenvalue weighted by Gasteiger charge is -2.04. The normalized spacial score (nSPS) is 7.78. The number of carbonyl (C=O) groups excluding carboxylic acids is 2. The molecule has 0 heterocycles. The minimum absolute atomic E-state index is 0.0363. The van der Waals surface area contributed by atoms with Gasteiger partial charge in [-0.15, -0.1) is 0 Å². The fraction of sp³-hybridized carbons (Fsp3) is 0.429. The Morgan fingerprint density at radius 2 is 1.06 bits per heavy atom. The van der Waals surface area contributed by atoms with Gasteiger partial charge in [0, 0.05) is 0 Å². The van der Waals surface area contributed by atoms with E-state index in [0.717, 1.165) is 0 Å². The van der Waals surface area contributed by atoms with Gasteiger partial charge in [-0.3, -0.25) is 9.59 Å². The molecule has 0 amide bonds. The predicted molar refractivity (Wildman–Crippen MR) is 72.3 cm³/mol. The summed E-state index contributed by atoms with van der Waals surface area (Å²) in [6, 6.07) is 6.68. The molecule has 102 valence electrons. The molecule has 4 nitrogen and oxygen atoms in total. The van der Waals surface area contributed by atoms with E-state index >= 15 is 0 Å². The monoisotopic (exact) mass is 254 g/mol. The molecule has 0 atom stereocenters. The third kappa shape index (κ3) is 9.39. The van der Waals surface area contributed by atoms with Crippen LogP contribution < -0.4 is 9.47 Å². The molecule has 0 aliphatic rings. The second kappa shape index (κ2) is 15.2. The number of ether oxygens (including phenoxy) is 2. The van der Waals surface area contributed by atoms with Crippen LogP contribution in [0.25, 0.3) is 0 Å². The zero-order valence-electron chi connectivity index (χ0n) is 11.5. The molecule has 0 unspecified atom stereocenters. The molecule has 0 radical (unpaired) electrons. The van der Waals surface area contributed by atoms with Gasteiger partial charge in [0.25, 0.3) is 0 Å². The van der Waals surface area contributed by atoms with Crippen molar-refractivity contribution in [1.82, 2.24) is 0 Å². The third-order valence-electron chi connectivity index (χ3n) is 1.46. The van der Waals surface area contributed by atoms with Gasteiger partial charge in [-0.1, -0.05) is 27.7 Å². The molecule has 4 heteroatoms. The van der Waals surface area contributed by atoms with Crippen molar-refractivity contribution in [1.29, 1.82) is 0 Å². The van der Waals surface area contributed by atoms with E-state index in [1.54, 1.807) is 24.3 Å². The Morgan fingerprint density at radius 3 is 1.28 bits per heavy atom. The summed E-state index contributed by atoms with van der Waals surface area (Å²) in [5.41, 5.74) is 0. The molecular weight excluding hydrogens is 232 g/mol. The summed E-state index contributed by atoms with van der Waals surface area (Å²) in [4.78, 5) is 20.0. The minimum atomic E-state index is 0.0363. The second-order valence-corrected chi connectivity index (χ2v) is 2.43. The Morgan fingerprint density at radius 1 is 0.778 bits per heavy atom. The first-order chi connectivity index (χ1) is 8.86. The molecule has 0 N–H and O–H groups in total. The summed E-state index contributed by atoms with van der Waals surface area (Å²) >= 11 is 0. The predicted octanol–water partition coefficient (Wildman–Crippen LogP) is 2.89. The van der Waals surface area contributed by atoms with E-state index in [0.29, 0.717) is 24.1 Å². The summed E-state index contributed by atoms with van der Waals surface area (Å²) < 4.78 is 10.0. The molecule has 0 aromatic heterocycles. The Balaban J connectivity index is 0. The number of benzene rings is 1. The lowest BCUT2D eigenvalue weighted by molar-refractivity contribution is -0.110. The van der Waals surface area contributed by atoms with Gasteiger partial charge in [0.1, 0.15) is 24.7 Å². The highest BCUT2D eigenvalue weighted by atomic mass is 16.5. The summed E-state index contributed by atoms with van der Waals surface area (Å²) in [6.45, 7) is 8.07. The molecule has 0 bridgehead atoms. The molecule has 0 fully saturated rings. The van der Waals surface area contributed by atoms with E-state index in [1.165, 1.54) is 0 Å². The molecule has 0 aliphatic heterocycles. The van der Waals surface area contributed by atoms with Crippen molar-refractivity contribution in [3.8, 4) is 11.5 Å². The average molecular weight is 254 g/mol. The van der Waals surface area contributed by atoms with Crippen molar-refractivity contribution in [2.75, 3.05) is 13.2 Å². The number of rotatable bonds is 6. The first-order valence-electron chi connectivity index (χ1n) is 6.09. The molecular formula is C14H22O4. The van der Waals surface area contributed by atoms with E-state index < -0.39 is 0 Å². The Labute approximate surface area is 109 Å². The highest BCUT2D eigenvalue weighted by Crippen LogP contribution is 2.16. The van der Waals surface area contributed by atoms with Gasteiger partial charge in [0.2, 0.25) is 0 Å². The van der Waals surface area contributed by atoms with Crippen LogP contribution in [0.1, 0.15) is 27.7 Å². The standard InChI is InChI=1S/C10H10O4.2C2H6/c11-5-7-13-9-1-2-10(4-3-9)14-8-6-12;2*1-2/h1-6H,7-8H2;2*1-2H3. The minimum Gasteiger partial charge on any atom is -0.486 e. The molecule has 1 aromatic rings. The summed E-state index contributed by atoms with van der Waals surface area (Å²) in [5.74, 6) is 1.19. The third-order valence-corrected chi connectivity index (χ3v) is 1.46. The van der Waals surface area contributed by atoms with Crippen LogP contribution in [-0.2, 0) is 9.59 Å². The zero-order chi connectivity index (χ0) is 14.2. The highest BCUT2D eigenvalue weighted by Gasteiger charge is 1.95. The van der Waals surface area contributed by atoms with Gasteiger partial charge in [-0.25, -0.2) is 0 Å². The average Bonchev–Trinajstić information content (AvgIpc) is 2.48. The van der Waals surface area contributed by atoms with Gasteiger partial charge in [-0.05, 0) is 24.3 Å². The number of aldehydes is 2. The van der Waals surface area contributed by atoms with Crippen LogP contribution in [0.5, 0.6) is 11.5 Å². The number of hydrogen-bond acceptors (Lipinski definition) is 4. The SMILES string of the molecule is CC.CC.O=CCOc1ccc(OCC=O)cc1. The maximum absolute atomic E-state index is 10.00. The van der Waals surface area contributed by atoms with Gasteiger partial charge >= 0.3 is 0 Å². The van der Waals surface area contributed by atoms with Gasteiger partial charge in [0.15, 0.2) is 12.6 Å². The molecule has 0 saturated heterocycles. The first-order valence-corrected chi connectivity index (χ1v) is 6.09. The van der Waals surface area contributed by atoms with Gasteiger partial charge in [-0.2, -0.15) is 0 Å². The quantitative estimate of drug-likeness (QED) is 0.732. The Kier molecular flexibility index (Phi) is 15.6. The maximum Gasteiger partial charge on any atom is 0.157 e. The maximum atomic E-state index is 10.00. The fourth-order valence-electron chi connectivity index (χ4n) is 0.893. The lowest BCUT2D eigenvalue weighted by atomic mass is 10.3. The van der Waals surface area contributed by atoms with Gasteiger partial charge in [0.05, 0.1) is 0 Å². The van der Waals surface area contributed by atoms with Crippen LogP contribution in [0.4, 0.5) is 0 Å². The number of hydrogen-bond donors (Lipinski definition) is 0. The van der Waals surface area contributed by atoms with Crippen molar-refractivity contribution >= 4 is 12.6 Å². The van der Waals surface area contributed by atoms with Crippen molar-refractivity contribution in [3.63, 3.8) is 0 Å². The summed E-state index contributed by atoms with van der Waals surface area (Å²) in [5, 5.41) is 0. The van der Waals surface area contributed by atoms with Crippen molar-refractivity contribution < 1.29 is 19.1 Å². The fourth-order valence-corrected chi connectivity index (χ4v) is 0.893. The second-order valence-electron chi connectivity index (χ2n) is 2.43. The molecule has 18 heavy (non-hydrogen) atoms. The van der Waals surface area contributed by atoms with E-state index in [2.05, 4.69) is 0 Å². The van der Waals surface area contributed by atoms with E-state index in [4.69, 9.17) is 9.47 Å². The van der Waals surface area contributed by atoms with Crippen LogP contribution in [0.15, 0.2) is 24.3 Å². The molecule has 1 rings (SSSR count). The van der Waals surface area contributed by atoms with Crippen LogP contribution in [0.2, 0.25) is 0 Å². The van der Waals surface area contributed by atoms with E-state index in [9.17, 15) is 9.59 Å². The smallest absolute Gasteiger partial charge is 0.157 e. The summed E-state index contributed by atoms with van der Waals surface area (Å²) in [7, 11) is 0. The topological polar surface area (TPSA) is 52.6 Å². The number of carbonyl (C=O) groups is 2. The van der Waals surface area contributed by atoms with Crippen molar-refractivity contribution in [3.05, 3.63) is 24.3 Å². The molecule has 0 spiro atoms. The Hall–Kier alpha value is -1.84. The van der Waals surface area contributed by atoms with Gasteiger partial charge < -0.3 is 9.47 Å². The van der Waals surface area contributed by atoms with E-state index in [-0.39, 0.29) is 13.2 Å².